The van der Waals surface area contributed by atoms with Gasteiger partial charge >= 0.3 is 5.97 Å². The Morgan fingerprint density at radius 2 is 1.54 bits per heavy atom. The van der Waals surface area contributed by atoms with E-state index >= 15 is 0 Å². The first-order valence-electron chi connectivity index (χ1n) is 11.9. The summed E-state index contributed by atoms with van der Waals surface area (Å²) < 4.78 is 5.08. The van der Waals surface area contributed by atoms with Gasteiger partial charge in [-0.3, -0.25) is 19.2 Å². The van der Waals surface area contributed by atoms with Crippen LogP contribution in [0.25, 0.3) is 6.08 Å². The normalized spacial score (nSPS) is 23.5. The maximum Gasteiger partial charge on any atom is 0.308 e. The van der Waals surface area contributed by atoms with Crippen LogP contribution in [0.1, 0.15) is 34.5 Å². The molecular formula is C29H21ClN2O5. The van der Waals surface area contributed by atoms with Gasteiger partial charge in [0.2, 0.25) is 11.8 Å². The molecule has 0 N–H and O–H groups in total. The molecule has 0 spiro atoms. The number of rotatable bonds is 4. The van der Waals surface area contributed by atoms with Crippen molar-refractivity contribution in [3.05, 3.63) is 101 Å². The Morgan fingerprint density at radius 1 is 0.865 bits per heavy atom. The number of hydrogen-bond donors (Lipinski definition) is 0. The molecule has 0 aliphatic carbocycles. The second-order valence-electron chi connectivity index (χ2n) is 9.28. The van der Waals surface area contributed by atoms with Crippen LogP contribution in [0.3, 0.4) is 0 Å². The minimum absolute atomic E-state index is 0.286. The van der Waals surface area contributed by atoms with E-state index in [4.69, 9.17) is 16.3 Å². The van der Waals surface area contributed by atoms with Crippen molar-refractivity contribution in [3.63, 3.8) is 0 Å². The number of carbonyl (C=O) groups excluding carboxylic acids is 4. The highest BCUT2D eigenvalue weighted by Gasteiger charge is 2.64. The molecule has 8 heteroatoms. The maximum absolute atomic E-state index is 14.0. The fraction of sp³-hybridized carbons (Fsp3) is 0.172. The summed E-state index contributed by atoms with van der Waals surface area (Å²) in [5.74, 6) is -2.92. The number of ether oxygens (including phenoxy) is 1. The smallest absolute Gasteiger partial charge is 0.308 e. The predicted molar refractivity (Wildman–Crippen MR) is 137 cm³/mol. The molecule has 3 aromatic rings. The summed E-state index contributed by atoms with van der Waals surface area (Å²) >= 11 is 6.39. The molecule has 7 nitrogen and oxygen atoms in total. The van der Waals surface area contributed by atoms with Crippen LogP contribution >= 0.6 is 11.6 Å². The molecule has 3 aromatic carbocycles. The van der Waals surface area contributed by atoms with E-state index < -0.39 is 35.8 Å². The first-order valence-corrected chi connectivity index (χ1v) is 12.2. The zero-order chi connectivity index (χ0) is 25.8. The number of para-hydroxylation sites is 1. The number of fused-ring (bicyclic) bond motifs is 5. The number of ketones is 1. The van der Waals surface area contributed by atoms with Crippen LogP contribution in [0.15, 0.2) is 79.0 Å². The molecule has 0 aromatic heterocycles. The summed E-state index contributed by atoms with van der Waals surface area (Å²) in [6.45, 7) is 1.30. The van der Waals surface area contributed by atoms with Crippen molar-refractivity contribution in [2.75, 3.05) is 4.90 Å². The maximum atomic E-state index is 14.0. The third-order valence-corrected chi connectivity index (χ3v) is 7.54. The lowest BCUT2D eigenvalue weighted by atomic mass is 9.83. The first-order chi connectivity index (χ1) is 17.9. The fourth-order valence-electron chi connectivity index (χ4n) is 5.75. The molecule has 0 saturated carbocycles. The minimum Gasteiger partial charge on any atom is -0.427 e. The van der Waals surface area contributed by atoms with E-state index in [1.165, 1.54) is 19.1 Å². The molecule has 2 saturated heterocycles. The highest BCUT2D eigenvalue weighted by molar-refractivity contribution is 6.36. The Morgan fingerprint density at radius 3 is 2.27 bits per heavy atom. The van der Waals surface area contributed by atoms with Crippen LogP contribution in [-0.2, 0) is 14.4 Å². The van der Waals surface area contributed by atoms with Gasteiger partial charge in [0.05, 0.1) is 28.6 Å². The van der Waals surface area contributed by atoms with E-state index in [-0.39, 0.29) is 16.7 Å². The van der Waals surface area contributed by atoms with Gasteiger partial charge in [-0.15, -0.1) is 0 Å². The summed E-state index contributed by atoms with van der Waals surface area (Å²) in [6.07, 6.45) is 3.71. The Kier molecular flexibility index (Phi) is 5.46. The molecular weight excluding hydrogens is 492 g/mol. The minimum atomic E-state index is -0.900. The molecule has 4 unspecified atom stereocenters. The van der Waals surface area contributed by atoms with E-state index in [0.29, 0.717) is 17.0 Å². The van der Waals surface area contributed by atoms with Gasteiger partial charge in [0.15, 0.2) is 5.78 Å². The average Bonchev–Trinajstić information content (AvgIpc) is 3.37. The third kappa shape index (κ3) is 3.57. The molecule has 0 bridgehead atoms. The van der Waals surface area contributed by atoms with Crippen molar-refractivity contribution in [3.8, 4) is 5.75 Å². The van der Waals surface area contributed by atoms with Gasteiger partial charge in [-0.1, -0.05) is 48.0 Å². The van der Waals surface area contributed by atoms with Gasteiger partial charge in [-0.25, -0.2) is 4.90 Å². The summed E-state index contributed by atoms with van der Waals surface area (Å²) in [5.41, 5.74) is 2.50. The second kappa shape index (κ2) is 8.71. The molecule has 2 fully saturated rings. The van der Waals surface area contributed by atoms with Gasteiger partial charge in [-0.05, 0) is 53.6 Å². The van der Waals surface area contributed by atoms with Crippen LogP contribution in [-0.4, -0.2) is 34.5 Å². The molecule has 2 amide bonds. The van der Waals surface area contributed by atoms with Gasteiger partial charge in [0, 0.05) is 18.7 Å². The SMILES string of the molecule is CC(=O)Oc1ccc(C(=O)C2C3C(=O)N(c4ccccc4Cl)C(=O)C3C3c4ccccc4C=CN23)cc1. The highest BCUT2D eigenvalue weighted by Crippen LogP contribution is 2.54. The highest BCUT2D eigenvalue weighted by atomic mass is 35.5. The van der Waals surface area contributed by atoms with Gasteiger partial charge < -0.3 is 9.64 Å². The zero-order valence-electron chi connectivity index (χ0n) is 19.7. The number of esters is 1. The van der Waals surface area contributed by atoms with Gasteiger partial charge in [0.1, 0.15) is 11.8 Å². The molecule has 3 aliphatic rings. The van der Waals surface area contributed by atoms with Crippen molar-refractivity contribution in [1.82, 2.24) is 4.90 Å². The lowest BCUT2D eigenvalue weighted by Crippen LogP contribution is -2.44. The number of hydrogen-bond acceptors (Lipinski definition) is 6. The van der Waals surface area contributed by atoms with Gasteiger partial charge in [-0.2, -0.15) is 0 Å². The van der Waals surface area contributed by atoms with Crippen molar-refractivity contribution in [1.29, 1.82) is 0 Å². The van der Waals surface area contributed by atoms with E-state index in [0.717, 1.165) is 16.0 Å². The van der Waals surface area contributed by atoms with Crippen LogP contribution < -0.4 is 9.64 Å². The second-order valence-corrected chi connectivity index (χ2v) is 9.69. The van der Waals surface area contributed by atoms with Crippen molar-refractivity contribution in [2.24, 2.45) is 11.8 Å². The van der Waals surface area contributed by atoms with Crippen molar-refractivity contribution in [2.45, 2.75) is 19.0 Å². The summed E-state index contributed by atoms with van der Waals surface area (Å²) in [5, 5.41) is 0.286. The Bertz CT molecular complexity index is 1500. The topological polar surface area (TPSA) is 84.0 Å². The molecule has 3 heterocycles. The Labute approximate surface area is 217 Å². The average molecular weight is 513 g/mol. The molecule has 0 radical (unpaired) electrons. The van der Waals surface area contributed by atoms with E-state index in [2.05, 4.69) is 0 Å². The predicted octanol–water partition coefficient (Wildman–Crippen LogP) is 4.66. The summed E-state index contributed by atoms with van der Waals surface area (Å²) in [7, 11) is 0. The largest absolute Gasteiger partial charge is 0.427 e. The molecule has 184 valence electrons. The molecule has 4 atom stereocenters. The fourth-order valence-corrected chi connectivity index (χ4v) is 5.97. The number of nitrogens with zero attached hydrogens (tertiary/aromatic N) is 2. The molecule has 37 heavy (non-hydrogen) atoms. The standard InChI is InChI=1S/C29H21ClN2O5/c1-16(33)37-19-12-10-18(11-13-19)27(34)26-24-23(25-20-7-3-2-6-17(20)14-15-31(25)26)28(35)32(29(24)36)22-9-5-4-8-21(22)30/h2-15,23-26H,1H3. The lowest BCUT2D eigenvalue weighted by Gasteiger charge is -2.35. The van der Waals surface area contributed by atoms with Crippen LogP contribution in [0.2, 0.25) is 5.02 Å². The van der Waals surface area contributed by atoms with Gasteiger partial charge in [0.25, 0.3) is 0 Å². The van der Waals surface area contributed by atoms with E-state index in [1.807, 2.05) is 41.4 Å². The van der Waals surface area contributed by atoms with Crippen LogP contribution in [0.5, 0.6) is 5.75 Å². The number of Topliss-reactive ketones (excluding diaryl/α,β-unsaturated/α-hetero) is 1. The lowest BCUT2D eigenvalue weighted by molar-refractivity contribution is -0.132. The number of amides is 2. The summed E-state index contributed by atoms with van der Waals surface area (Å²) in [6, 6.07) is 19.2. The number of imide groups is 1. The molecule has 3 aliphatic heterocycles. The molecule has 6 rings (SSSR count). The number of benzene rings is 3. The number of halogens is 1. The Balaban J connectivity index is 1.45. The number of carbonyl (C=O) groups is 4. The number of anilines is 1. The third-order valence-electron chi connectivity index (χ3n) is 7.22. The summed E-state index contributed by atoms with van der Waals surface area (Å²) in [4.78, 5) is 56.0. The first kappa shape index (κ1) is 23.2. The van der Waals surface area contributed by atoms with Crippen molar-refractivity contribution < 1.29 is 23.9 Å². The van der Waals surface area contributed by atoms with Crippen LogP contribution in [0.4, 0.5) is 5.69 Å². The zero-order valence-corrected chi connectivity index (χ0v) is 20.5. The van der Waals surface area contributed by atoms with E-state index in [9.17, 15) is 19.2 Å². The van der Waals surface area contributed by atoms with Crippen molar-refractivity contribution >= 4 is 46.9 Å². The Hall–Kier alpha value is -4.23. The van der Waals surface area contributed by atoms with Crippen LogP contribution in [0, 0.1) is 11.8 Å². The quantitative estimate of drug-likeness (QED) is 0.219. The monoisotopic (exact) mass is 512 g/mol. The van der Waals surface area contributed by atoms with E-state index in [1.54, 1.807) is 36.4 Å².